The molecule has 1 N–H and O–H groups in total. The Morgan fingerprint density at radius 3 is 2.46 bits per heavy atom. The molecular weight excluding hydrogens is 369 g/mol. The van der Waals surface area contributed by atoms with Crippen LogP contribution in [0.5, 0.6) is 11.5 Å². The fraction of sp³-hybridized carbons (Fsp3) is 0.333. The molecule has 0 aliphatic rings. The second-order valence-electron chi connectivity index (χ2n) is 5.48. The van der Waals surface area contributed by atoms with E-state index in [1.54, 1.807) is 18.2 Å². The Morgan fingerprint density at radius 1 is 1.04 bits per heavy atom. The zero-order valence-electron chi connectivity index (χ0n) is 13.8. The van der Waals surface area contributed by atoms with E-state index in [0.29, 0.717) is 39.7 Å². The molecule has 2 aromatic rings. The van der Waals surface area contributed by atoms with Gasteiger partial charge in [0.15, 0.2) is 11.5 Å². The Balaban J connectivity index is 2.22. The van der Waals surface area contributed by atoms with E-state index in [4.69, 9.17) is 44.3 Å². The van der Waals surface area contributed by atoms with Crippen LogP contribution >= 0.6 is 34.8 Å². The summed E-state index contributed by atoms with van der Waals surface area (Å²) in [5.41, 5.74) is 1.72. The van der Waals surface area contributed by atoms with Gasteiger partial charge in [0.05, 0.1) is 28.4 Å². The van der Waals surface area contributed by atoms with Crippen molar-refractivity contribution in [2.45, 2.75) is 33.4 Å². The van der Waals surface area contributed by atoms with Crippen LogP contribution in [0.3, 0.4) is 0 Å². The molecular formula is C18H20Cl3NO2. The summed E-state index contributed by atoms with van der Waals surface area (Å²) in [5.74, 6) is 1.20. The van der Waals surface area contributed by atoms with Crippen molar-refractivity contribution in [2.24, 2.45) is 0 Å². The Bertz CT molecular complexity index is 705. The predicted molar refractivity (Wildman–Crippen MR) is 102 cm³/mol. The minimum Gasteiger partial charge on any atom is -0.490 e. The number of benzene rings is 2. The lowest BCUT2D eigenvalue weighted by molar-refractivity contribution is 0.224. The maximum Gasteiger partial charge on any atom is 0.180 e. The van der Waals surface area contributed by atoms with Crippen molar-refractivity contribution in [3.63, 3.8) is 0 Å². The molecule has 6 heteroatoms. The van der Waals surface area contributed by atoms with E-state index < -0.39 is 0 Å². The largest absolute Gasteiger partial charge is 0.490 e. The number of ether oxygens (including phenoxy) is 2. The summed E-state index contributed by atoms with van der Waals surface area (Å²) in [6.07, 6.45) is 0.0101. The van der Waals surface area contributed by atoms with Gasteiger partial charge in [0, 0.05) is 11.6 Å². The summed E-state index contributed by atoms with van der Waals surface area (Å²) >= 11 is 18.5. The fourth-order valence-electron chi connectivity index (χ4n) is 2.17. The highest BCUT2D eigenvalue weighted by Crippen LogP contribution is 2.37. The van der Waals surface area contributed by atoms with Crippen LogP contribution in [0, 0.1) is 0 Å². The third-order valence-corrected chi connectivity index (χ3v) is 3.98. The van der Waals surface area contributed by atoms with E-state index in [0.717, 1.165) is 11.3 Å². The SMILES string of the molecule is CCOc1cc(CNc2cc(Cl)ccc2Cl)cc(Cl)c1OC(C)C. The van der Waals surface area contributed by atoms with Crippen molar-refractivity contribution in [3.05, 3.63) is 51.0 Å². The van der Waals surface area contributed by atoms with Crippen LogP contribution in [0.4, 0.5) is 5.69 Å². The average molecular weight is 389 g/mol. The van der Waals surface area contributed by atoms with Crippen LogP contribution < -0.4 is 14.8 Å². The second kappa shape index (κ2) is 8.70. The van der Waals surface area contributed by atoms with E-state index in [1.165, 1.54) is 0 Å². The summed E-state index contributed by atoms with van der Waals surface area (Å²) < 4.78 is 11.4. The highest BCUT2D eigenvalue weighted by atomic mass is 35.5. The van der Waals surface area contributed by atoms with Crippen LogP contribution in [-0.4, -0.2) is 12.7 Å². The van der Waals surface area contributed by atoms with Crippen LogP contribution in [-0.2, 0) is 6.54 Å². The molecule has 0 saturated carbocycles. The second-order valence-corrected chi connectivity index (χ2v) is 6.73. The molecule has 3 nitrogen and oxygen atoms in total. The topological polar surface area (TPSA) is 30.5 Å². The molecule has 0 aliphatic heterocycles. The Labute approximate surface area is 157 Å². The van der Waals surface area contributed by atoms with Crippen molar-refractivity contribution in [3.8, 4) is 11.5 Å². The van der Waals surface area contributed by atoms with E-state index in [2.05, 4.69) is 5.32 Å². The maximum absolute atomic E-state index is 6.37. The van der Waals surface area contributed by atoms with E-state index >= 15 is 0 Å². The Kier molecular flexibility index (Phi) is 6.90. The van der Waals surface area contributed by atoms with E-state index in [9.17, 15) is 0 Å². The van der Waals surface area contributed by atoms with Gasteiger partial charge >= 0.3 is 0 Å². The van der Waals surface area contributed by atoms with Crippen molar-refractivity contribution in [1.82, 2.24) is 0 Å². The molecule has 0 saturated heterocycles. The smallest absolute Gasteiger partial charge is 0.180 e. The molecule has 0 fully saturated rings. The van der Waals surface area contributed by atoms with Crippen LogP contribution in [0.1, 0.15) is 26.3 Å². The van der Waals surface area contributed by atoms with Crippen LogP contribution in [0.2, 0.25) is 15.1 Å². The van der Waals surface area contributed by atoms with E-state index in [-0.39, 0.29) is 6.10 Å². The molecule has 2 aromatic carbocycles. The highest BCUT2D eigenvalue weighted by Gasteiger charge is 2.14. The molecule has 24 heavy (non-hydrogen) atoms. The third kappa shape index (κ3) is 5.10. The van der Waals surface area contributed by atoms with Gasteiger partial charge in [-0.3, -0.25) is 0 Å². The summed E-state index contributed by atoms with van der Waals surface area (Å²) in [6.45, 7) is 6.87. The van der Waals surface area contributed by atoms with Gasteiger partial charge in [-0.25, -0.2) is 0 Å². The Morgan fingerprint density at radius 2 is 1.79 bits per heavy atom. The number of hydrogen-bond acceptors (Lipinski definition) is 3. The highest BCUT2D eigenvalue weighted by molar-refractivity contribution is 6.35. The molecule has 0 spiro atoms. The van der Waals surface area contributed by atoms with Crippen molar-refractivity contribution >= 4 is 40.5 Å². The first kappa shape index (κ1) is 19.0. The van der Waals surface area contributed by atoms with Gasteiger partial charge in [0.25, 0.3) is 0 Å². The normalized spacial score (nSPS) is 10.8. The first-order chi connectivity index (χ1) is 11.4. The molecule has 0 aromatic heterocycles. The monoisotopic (exact) mass is 387 g/mol. The lowest BCUT2D eigenvalue weighted by Crippen LogP contribution is -2.09. The van der Waals surface area contributed by atoms with Crippen LogP contribution in [0.25, 0.3) is 0 Å². The molecule has 130 valence electrons. The molecule has 2 rings (SSSR count). The lowest BCUT2D eigenvalue weighted by Gasteiger charge is -2.18. The third-order valence-electron chi connectivity index (χ3n) is 3.13. The predicted octanol–water partition coefficient (Wildman–Crippen LogP) is 6.44. The first-order valence-electron chi connectivity index (χ1n) is 7.71. The standard InChI is InChI=1S/C18H20Cl3NO2/c1-4-23-17-8-12(7-15(21)18(17)24-11(2)3)10-22-16-9-13(19)5-6-14(16)20/h5-9,11,22H,4,10H2,1-3H3. The Hall–Kier alpha value is -1.29. The molecule has 0 aliphatic carbocycles. The van der Waals surface area contributed by atoms with Crippen molar-refractivity contribution in [1.29, 1.82) is 0 Å². The fourth-order valence-corrected chi connectivity index (χ4v) is 2.80. The van der Waals surface area contributed by atoms with Gasteiger partial charge in [-0.2, -0.15) is 0 Å². The lowest BCUT2D eigenvalue weighted by atomic mass is 10.2. The number of rotatable bonds is 7. The van der Waals surface area contributed by atoms with Gasteiger partial charge in [0.1, 0.15) is 0 Å². The number of nitrogens with one attached hydrogen (secondary N) is 1. The first-order valence-corrected chi connectivity index (χ1v) is 8.85. The average Bonchev–Trinajstić information content (AvgIpc) is 2.51. The summed E-state index contributed by atoms with van der Waals surface area (Å²) in [4.78, 5) is 0. The van der Waals surface area contributed by atoms with Crippen LogP contribution in [0.15, 0.2) is 30.3 Å². The summed E-state index contributed by atoms with van der Waals surface area (Å²) in [7, 11) is 0. The summed E-state index contributed by atoms with van der Waals surface area (Å²) in [6, 6.07) is 9.05. The number of halogens is 3. The van der Waals surface area contributed by atoms with Gasteiger partial charge < -0.3 is 14.8 Å². The molecule has 0 amide bonds. The van der Waals surface area contributed by atoms with E-state index in [1.807, 2.05) is 32.9 Å². The summed E-state index contributed by atoms with van der Waals surface area (Å²) in [5, 5.41) is 5.00. The molecule has 0 atom stereocenters. The van der Waals surface area contributed by atoms with Crippen molar-refractivity contribution < 1.29 is 9.47 Å². The number of anilines is 1. The quantitative estimate of drug-likeness (QED) is 0.591. The molecule has 0 bridgehead atoms. The minimum atomic E-state index is 0.0101. The van der Waals surface area contributed by atoms with Gasteiger partial charge in [-0.1, -0.05) is 34.8 Å². The zero-order valence-corrected chi connectivity index (χ0v) is 16.1. The van der Waals surface area contributed by atoms with Crippen molar-refractivity contribution in [2.75, 3.05) is 11.9 Å². The number of hydrogen-bond donors (Lipinski definition) is 1. The van der Waals surface area contributed by atoms with Gasteiger partial charge in [-0.15, -0.1) is 0 Å². The van der Waals surface area contributed by atoms with Gasteiger partial charge in [-0.05, 0) is 56.7 Å². The molecule has 0 heterocycles. The maximum atomic E-state index is 6.37. The molecule has 0 unspecified atom stereocenters. The minimum absolute atomic E-state index is 0.0101. The van der Waals surface area contributed by atoms with Gasteiger partial charge in [0.2, 0.25) is 0 Å². The zero-order chi connectivity index (χ0) is 17.7. The molecule has 0 radical (unpaired) electrons.